The molecule has 184 valence electrons. The van der Waals surface area contributed by atoms with Gasteiger partial charge in [0.05, 0.1) is 17.7 Å². The number of nitrogens with zero attached hydrogens (tertiary/aromatic N) is 3. The van der Waals surface area contributed by atoms with Crippen LogP contribution in [-0.2, 0) is 28.7 Å². The molecule has 0 aliphatic heterocycles. The van der Waals surface area contributed by atoms with Crippen LogP contribution in [0.1, 0.15) is 17.0 Å². The molecule has 35 heavy (non-hydrogen) atoms. The number of allylic oxidation sites excluding steroid dienone is 1. The van der Waals surface area contributed by atoms with E-state index in [-0.39, 0.29) is 36.1 Å². The number of nitrogens with one attached hydrogen (secondary N) is 2. The van der Waals surface area contributed by atoms with Crippen LogP contribution in [0, 0.1) is 6.92 Å². The predicted molar refractivity (Wildman–Crippen MR) is 130 cm³/mol. The zero-order chi connectivity index (χ0) is 25.6. The van der Waals surface area contributed by atoms with Crippen LogP contribution < -0.4 is 10.6 Å². The van der Waals surface area contributed by atoms with Gasteiger partial charge in [-0.2, -0.15) is 13.2 Å². The number of aryl methyl sites for hydroxylation is 1. The fourth-order valence-corrected chi connectivity index (χ4v) is 3.94. The molecule has 0 fully saturated rings. The Bertz CT molecular complexity index is 1250. The highest BCUT2D eigenvalue weighted by atomic mass is 35.5. The van der Waals surface area contributed by atoms with Gasteiger partial charge in [-0.05, 0) is 42.8 Å². The Hall–Kier alpha value is -3.31. The normalized spacial score (nSPS) is 11.2. The van der Waals surface area contributed by atoms with E-state index < -0.39 is 17.6 Å². The van der Waals surface area contributed by atoms with Gasteiger partial charge in [-0.25, -0.2) is 0 Å². The standard InChI is InChI=1S/C23H21ClF3N5O2S/c1-3-9-32-19(12-20(33)28-16-6-4-5-15(10-16)23(25,26)27)30-31-22(32)35-13-21(34)29-17-8-7-14(2)18(24)11-17/h3-8,10-11H,1,9,12-13H2,2H3,(H,28,33)(H,29,34). The molecule has 0 bridgehead atoms. The van der Waals surface area contributed by atoms with Crippen LogP contribution in [0.4, 0.5) is 24.5 Å². The van der Waals surface area contributed by atoms with Crippen molar-refractivity contribution in [3.63, 3.8) is 0 Å². The first-order valence-corrected chi connectivity index (χ1v) is 11.6. The lowest BCUT2D eigenvalue weighted by molar-refractivity contribution is -0.137. The van der Waals surface area contributed by atoms with E-state index in [9.17, 15) is 22.8 Å². The second-order valence-corrected chi connectivity index (χ2v) is 8.75. The summed E-state index contributed by atoms with van der Waals surface area (Å²) in [6, 6.07) is 9.54. The molecular formula is C23H21ClF3N5O2S. The Balaban J connectivity index is 1.63. The second-order valence-electron chi connectivity index (χ2n) is 7.40. The number of thioether (sulfide) groups is 1. The first-order chi connectivity index (χ1) is 16.6. The van der Waals surface area contributed by atoms with Crippen molar-refractivity contribution < 1.29 is 22.8 Å². The van der Waals surface area contributed by atoms with E-state index in [1.54, 1.807) is 28.8 Å². The number of benzene rings is 2. The van der Waals surface area contributed by atoms with E-state index in [0.29, 0.717) is 15.9 Å². The molecule has 0 unspecified atom stereocenters. The van der Waals surface area contributed by atoms with Gasteiger partial charge in [-0.1, -0.05) is 41.6 Å². The summed E-state index contributed by atoms with van der Waals surface area (Å²) in [6.07, 6.45) is -3.17. The monoisotopic (exact) mass is 523 g/mol. The molecule has 2 aromatic carbocycles. The molecule has 1 heterocycles. The summed E-state index contributed by atoms with van der Waals surface area (Å²) in [5.41, 5.74) is 0.601. The van der Waals surface area contributed by atoms with E-state index in [1.807, 2.05) is 6.92 Å². The molecule has 3 aromatic rings. The number of alkyl halides is 3. The number of halogens is 4. The second kappa shape index (κ2) is 11.4. The molecule has 12 heteroatoms. The SMILES string of the molecule is C=CCn1c(CC(=O)Nc2cccc(C(F)(F)F)c2)nnc1SCC(=O)Nc1ccc(C)c(Cl)c1. The lowest BCUT2D eigenvalue weighted by Gasteiger charge is -2.11. The van der Waals surface area contributed by atoms with Gasteiger partial charge in [0.2, 0.25) is 11.8 Å². The number of carbonyl (C=O) groups is 2. The Kier molecular flexibility index (Phi) is 8.57. The van der Waals surface area contributed by atoms with Crippen molar-refractivity contribution in [3.8, 4) is 0 Å². The van der Waals surface area contributed by atoms with Gasteiger partial charge >= 0.3 is 6.18 Å². The fraction of sp³-hybridized carbons (Fsp3) is 0.217. The zero-order valence-electron chi connectivity index (χ0n) is 18.5. The fourth-order valence-electron chi connectivity index (χ4n) is 2.99. The summed E-state index contributed by atoms with van der Waals surface area (Å²) < 4.78 is 40.3. The summed E-state index contributed by atoms with van der Waals surface area (Å²) in [5, 5.41) is 14.2. The molecule has 0 saturated heterocycles. The molecule has 0 saturated carbocycles. The minimum absolute atomic E-state index is 0.0158. The highest BCUT2D eigenvalue weighted by molar-refractivity contribution is 7.99. The van der Waals surface area contributed by atoms with Crippen molar-refractivity contribution in [2.24, 2.45) is 0 Å². The van der Waals surface area contributed by atoms with E-state index in [0.717, 1.165) is 29.5 Å². The first kappa shape index (κ1) is 26.3. The number of rotatable bonds is 9. The smallest absolute Gasteiger partial charge is 0.326 e. The number of hydrogen-bond acceptors (Lipinski definition) is 5. The van der Waals surface area contributed by atoms with Gasteiger partial charge in [0, 0.05) is 22.9 Å². The van der Waals surface area contributed by atoms with Crippen molar-refractivity contribution in [1.29, 1.82) is 0 Å². The molecule has 7 nitrogen and oxygen atoms in total. The largest absolute Gasteiger partial charge is 0.416 e. The zero-order valence-corrected chi connectivity index (χ0v) is 20.1. The molecule has 0 radical (unpaired) electrons. The van der Waals surface area contributed by atoms with Gasteiger partial charge in [-0.3, -0.25) is 9.59 Å². The third kappa shape index (κ3) is 7.33. The highest BCUT2D eigenvalue weighted by Crippen LogP contribution is 2.30. The molecule has 0 aliphatic rings. The maximum Gasteiger partial charge on any atom is 0.416 e. The average Bonchev–Trinajstić information content (AvgIpc) is 3.16. The third-order valence-corrected chi connectivity index (χ3v) is 6.06. The molecule has 1 aromatic heterocycles. The molecule has 0 spiro atoms. The van der Waals surface area contributed by atoms with Crippen LogP contribution in [0.2, 0.25) is 5.02 Å². The topological polar surface area (TPSA) is 88.9 Å². The molecule has 0 aliphatic carbocycles. The summed E-state index contributed by atoms with van der Waals surface area (Å²) in [6.45, 7) is 5.81. The summed E-state index contributed by atoms with van der Waals surface area (Å²) in [7, 11) is 0. The van der Waals surface area contributed by atoms with Crippen LogP contribution in [0.3, 0.4) is 0 Å². The molecular weight excluding hydrogens is 503 g/mol. The van der Waals surface area contributed by atoms with Crippen LogP contribution in [0.15, 0.2) is 60.3 Å². The summed E-state index contributed by atoms with van der Waals surface area (Å²) in [5.74, 6) is -0.543. The number of hydrogen-bond donors (Lipinski definition) is 2. The van der Waals surface area contributed by atoms with Crippen molar-refractivity contribution in [1.82, 2.24) is 14.8 Å². The number of aromatic nitrogens is 3. The molecule has 2 amide bonds. The van der Waals surface area contributed by atoms with Gasteiger partial charge in [0.15, 0.2) is 5.16 Å². The Labute approximate surface area is 208 Å². The number of carbonyl (C=O) groups excluding carboxylic acids is 2. The Morgan fingerprint density at radius 1 is 1.11 bits per heavy atom. The van der Waals surface area contributed by atoms with Gasteiger partial charge < -0.3 is 15.2 Å². The van der Waals surface area contributed by atoms with Gasteiger partial charge in [0.1, 0.15) is 5.82 Å². The van der Waals surface area contributed by atoms with Crippen LogP contribution in [0.5, 0.6) is 0 Å². The predicted octanol–water partition coefficient (Wildman–Crippen LogP) is 5.36. The van der Waals surface area contributed by atoms with Crippen LogP contribution >= 0.6 is 23.4 Å². The Morgan fingerprint density at radius 3 is 2.51 bits per heavy atom. The van der Waals surface area contributed by atoms with Crippen molar-refractivity contribution in [2.75, 3.05) is 16.4 Å². The highest BCUT2D eigenvalue weighted by Gasteiger charge is 2.30. The Morgan fingerprint density at radius 2 is 1.83 bits per heavy atom. The molecule has 0 atom stereocenters. The number of anilines is 2. The van der Waals surface area contributed by atoms with E-state index in [2.05, 4.69) is 27.4 Å². The van der Waals surface area contributed by atoms with Crippen LogP contribution in [0.25, 0.3) is 0 Å². The lowest BCUT2D eigenvalue weighted by Crippen LogP contribution is -2.18. The maximum absolute atomic E-state index is 12.9. The summed E-state index contributed by atoms with van der Waals surface area (Å²) >= 11 is 7.20. The molecule has 2 N–H and O–H groups in total. The minimum atomic E-state index is -4.52. The van der Waals surface area contributed by atoms with Gasteiger partial charge in [-0.15, -0.1) is 16.8 Å². The van der Waals surface area contributed by atoms with Crippen molar-refractivity contribution in [3.05, 3.63) is 77.1 Å². The maximum atomic E-state index is 12.9. The lowest BCUT2D eigenvalue weighted by atomic mass is 10.2. The van der Waals surface area contributed by atoms with E-state index in [4.69, 9.17) is 11.6 Å². The molecule has 3 rings (SSSR count). The van der Waals surface area contributed by atoms with Crippen LogP contribution in [-0.4, -0.2) is 32.3 Å². The minimum Gasteiger partial charge on any atom is -0.326 e. The van der Waals surface area contributed by atoms with Crippen molar-refractivity contribution >= 4 is 46.6 Å². The van der Waals surface area contributed by atoms with E-state index in [1.165, 1.54) is 12.1 Å². The number of amides is 2. The average molecular weight is 524 g/mol. The quantitative estimate of drug-likeness (QED) is 0.291. The van der Waals surface area contributed by atoms with Crippen molar-refractivity contribution in [2.45, 2.75) is 31.2 Å². The summed E-state index contributed by atoms with van der Waals surface area (Å²) in [4.78, 5) is 24.8. The van der Waals surface area contributed by atoms with E-state index >= 15 is 0 Å². The first-order valence-electron chi connectivity index (χ1n) is 10.3. The van der Waals surface area contributed by atoms with Gasteiger partial charge in [0.25, 0.3) is 0 Å². The third-order valence-electron chi connectivity index (χ3n) is 4.69.